The number of hydrogen-bond donors (Lipinski definition) is 0. The van der Waals surface area contributed by atoms with Crippen molar-refractivity contribution in [2.45, 2.75) is 51.5 Å². The Balaban J connectivity index is 1.64. The molecular formula is C19H26N4O. The number of likely N-dealkylation sites (tertiary alicyclic amines) is 1. The van der Waals surface area contributed by atoms with Crippen LogP contribution in [0.5, 0.6) is 0 Å². The standard InChI is InChI=1S/C19H26N4O/c1-2-3-11-22-13-10-21-19(22)16-7-6-12-23(15-16)18(24)14-17-8-4-5-9-20-17/h4-5,8-10,13,16H,2-3,6-7,11-12,14-15H2,1H3. The molecule has 3 heterocycles. The molecule has 0 N–H and O–H groups in total. The average Bonchev–Trinajstić information content (AvgIpc) is 3.09. The molecule has 0 bridgehead atoms. The largest absolute Gasteiger partial charge is 0.342 e. The van der Waals surface area contributed by atoms with Gasteiger partial charge in [-0.2, -0.15) is 0 Å². The minimum Gasteiger partial charge on any atom is -0.342 e. The topological polar surface area (TPSA) is 51.0 Å². The first kappa shape index (κ1) is 16.7. The average molecular weight is 326 g/mol. The molecule has 24 heavy (non-hydrogen) atoms. The first-order chi connectivity index (χ1) is 11.8. The van der Waals surface area contributed by atoms with Crippen LogP contribution < -0.4 is 0 Å². The lowest BCUT2D eigenvalue weighted by Crippen LogP contribution is -2.40. The molecule has 1 aliphatic rings. The smallest absolute Gasteiger partial charge is 0.228 e. The number of carbonyl (C=O) groups excluding carboxylic acids is 1. The van der Waals surface area contributed by atoms with Crippen LogP contribution in [0.1, 0.15) is 50.0 Å². The quantitative estimate of drug-likeness (QED) is 0.820. The maximum absolute atomic E-state index is 12.6. The predicted octanol–water partition coefficient (Wildman–Crippen LogP) is 3.03. The summed E-state index contributed by atoms with van der Waals surface area (Å²) in [6, 6.07) is 5.72. The van der Waals surface area contributed by atoms with Gasteiger partial charge in [0.15, 0.2) is 0 Å². The minimum absolute atomic E-state index is 0.171. The van der Waals surface area contributed by atoms with Crippen molar-refractivity contribution in [3.63, 3.8) is 0 Å². The number of aromatic nitrogens is 3. The van der Waals surface area contributed by atoms with E-state index in [2.05, 4.69) is 27.7 Å². The van der Waals surface area contributed by atoms with Gasteiger partial charge in [-0.05, 0) is 31.4 Å². The van der Waals surface area contributed by atoms with Crippen LogP contribution in [-0.4, -0.2) is 38.4 Å². The molecule has 0 aromatic carbocycles. The molecule has 1 saturated heterocycles. The van der Waals surface area contributed by atoms with Crippen molar-refractivity contribution in [2.75, 3.05) is 13.1 Å². The van der Waals surface area contributed by atoms with Gasteiger partial charge in [0, 0.05) is 49.8 Å². The highest BCUT2D eigenvalue weighted by molar-refractivity contribution is 5.78. The van der Waals surface area contributed by atoms with Crippen LogP contribution in [0.3, 0.4) is 0 Å². The van der Waals surface area contributed by atoms with Crippen LogP contribution in [0, 0.1) is 0 Å². The number of imidazole rings is 1. The normalized spacial score (nSPS) is 17.9. The fourth-order valence-electron chi connectivity index (χ4n) is 3.38. The number of carbonyl (C=O) groups is 1. The summed E-state index contributed by atoms with van der Waals surface area (Å²) in [5.74, 6) is 1.65. The van der Waals surface area contributed by atoms with Crippen molar-refractivity contribution in [3.8, 4) is 0 Å². The molecule has 0 saturated carbocycles. The Kier molecular flexibility index (Phi) is 5.62. The van der Waals surface area contributed by atoms with Crippen LogP contribution in [0.2, 0.25) is 0 Å². The van der Waals surface area contributed by atoms with E-state index in [-0.39, 0.29) is 5.91 Å². The number of pyridine rings is 1. The highest BCUT2D eigenvalue weighted by atomic mass is 16.2. The Morgan fingerprint density at radius 3 is 3.00 bits per heavy atom. The van der Waals surface area contributed by atoms with Crippen molar-refractivity contribution >= 4 is 5.91 Å². The summed E-state index contributed by atoms with van der Waals surface area (Å²) < 4.78 is 2.26. The number of nitrogens with zero attached hydrogens (tertiary/aromatic N) is 4. The molecule has 1 fully saturated rings. The Bertz CT molecular complexity index is 652. The van der Waals surface area contributed by atoms with E-state index < -0.39 is 0 Å². The molecular weight excluding hydrogens is 300 g/mol. The molecule has 1 aliphatic heterocycles. The van der Waals surface area contributed by atoms with E-state index in [1.165, 1.54) is 12.8 Å². The highest BCUT2D eigenvalue weighted by Gasteiger charge is 2.27. The number of rotatable bonds is 6. The molecule has 5 nitrogen and oxygen atoms in total. The monoisotopic (exact) mass is 326 g/mol. The summed E-state index contributed by atoms with van der Waals surface area (Å²) in [5, 5.41) is 0. The molecule has 128 valence electrons. The van der Waals surface area contributed by atoms with Gasteiger partial charge in [-0.15, -0.1) is 0 Å². The first-order valence-corrected chi connectivity index (χ1v) is 8.96. The molecule has 5 heteroatoms. The maximum atomic E-state index is 12.6. The van der Waals surface area contributed by atoms with Crippen LogP contribution in [0.15, 0.2) is 36.8 Å². The zero-order chi connectivity index (χ0) is 16.8. The Morgan fingerprint density at radius 2 is 2.21 bits per heavy atom. The van der Waals surface area contributed by atoms with Gasteiger partial charge in [0.05, 0.1) is 6.42 Å². The van der Waals surface area contributed by atoms with Crippen LogP contribution in [0.4, 0.5) is 0 Å². The summed E-state index contributed by atoms with van der Waals surface area (Å²) in [5.41, 5.74) is 0.842. The van der Waals surface area contributed by atoms with Gasteiger partial charge in [0.1, 0.15) is 5.82 Å². The molecule has 0 spiro atoms. The highest BCUT2D eigenvalue weighted by Crippen LogP contribution is 2.26. The number of hydrogen-bond acceptors (Lipinski definition) is 3. The van der Waals surface area contributed by atoms with Crippen molar-refractivity contribution < 1.29 is 4.79 Å². The SMILES string of the molecule is CCCCn1ccnc1C1CCCN(C(=O)Cc2ccccn2)C1. The number of piperidine rings is 1. The van der Waals surface area contributed by atoms with E-state index in [0.717, 1.165) is 44.0 Å². The van der Waals surface area contributed by atoms with Gasteiger partial charge in [-0.3, -0.25) is 9.78 Å². The Morgan fingerprint density at radius 1 is 1.29 bits per heavy atom. The fourth-order valence-corrected chi connectivity index (χ4v) is 3.38. The summed E-state index contributed by atoms with van der Waals surface area (Å²) in [4.78, 5) is 23.4. The van der Waals surface area contributed by atoms with Crippen LogP contribution in [0.25, 0.3) is 0 Å². The van der Waals surface area contributed by atoms with E-state index in [0.29, 0.717) is 12.3 Å². The third-order valence-corrected chi connectivity index (χ3v) is 4.70. The molecule has 2 aromatic heterocycles. The molecule has 0 aliphatic carbocycles. The molecule has 2 aromatic rings. The van der Waals surface area contributed by atoms with E-state index in [1.54, 1.807) is 6.20 Å². The van der Waals surface area contributed by atoms with Gasteiger partial charge >= 0.3 is 0 Å². The Hall–Kier alpha value is -2.17. The van der Waals surface area contributed by atoms with E-state index in [4.69, 9.17) is 0 Å². The van der Waals surface area contributed by atoms with Crippen LogP contribution in [-0.2, 0) is 17.8 Å². The second kappa shape index (κ2) is 8.08. The number of aryl methyl sites for hydroxylation is 1. The second-order valence-corrected chi connectivity index (χ2v) is 6.51. The molecule has 0 radical (unpaired) electrons. The van der Waals surface area contributed by atoms with Gasteiger partial charge < -0.3 is 9.47 Å². The molecule has 1 amide bonds. The molecule has 1 atom stereocenters. The summed E-state index contributed by atoms with van der Waals surface area (Å²) >= 11 is 0. The zero-order valence-electron chi connectivity index (χ0n) is 14.4. The van der Waals surface area contributed by atoms with E-state index in [9.17, 15) is 4.79 Å². The Labute approximate surface area is 143 Å². The summed E-state index contributed by atoms with van der Waals surface area (Å²) in [6.45, 7) is 4.84. The number of unbranched alkanes of at least 4 members (excludes halogenated alkanes) is 1. The van der Waals surface area contributed by atoms with Gasteiger partial charge in [-0.25, -0.2) is 4.98 Å². The second-order valence-electron chi connectivity index (χ2n) is 6.51. The van der Waals surface area contributed by atoms with Gasteiger partial charge in [-0.1, -0.05) is 19.4 Å². The predicted molar refractivity (Wildman–Crippen MR) is 93.6 cm³/mol. The van der Waals surface area contributed by atoms with Crippen LogP contribution >= 0.6 is 0 Å². The molecule has 1 unspecified atom stereocenters. The van der Waals surface area contributed by atoms with Gasteiger partial charge in [0.2, 0.25) is 5.91 Å². The van der Waals surface area contributed by atoms with Gasteiger partial charge in [0.25, 0.3) is 0 Å². The summed E-state index contributed by atoms with van der Waals surface area (Å²) in [6.07, 6.45) is 10.6. The third-order valence-electron chi connectivity index (χ3n) is 4.70. The lowest BCUT2D eigenvalue weighted by Gasteiger charge is -2.32. The third kappa shape index (κ3) is 4.02. The molecule has 3 rings (SSSR count). The number of amides is 1. The zero-order valence-corrected chi connectivity index (χ0v) is 14.4. The first-order valence-electron chi connectivity index (χ1n) is 8.96. The van der Waals surface area contributed by atoms with E-state index >= 15 is 0 Å². The van der Waals surface area contributed by atoms with Crippen molar-refractivity contribution in [1.82, 2.24) is 19.4 Å². The maximum Gasteiger partial charge on any atom is 0.228 e. The van der Waals surface area contributed by atoms with E-state index in [1.807, 2.05) is 29.3 Å². The van der Waals surface area contributed by atoms with Crippen molar-refractivity contribution in [2.24, 2.45) is 0 Å². The summed E-state index contributed by atoms with van der Waals surface area (Å²) in [7, 11) is 0. The fraction of sp³-hybridized carbons (Fsp3) is 0.526. The lowest BCUT2D eigenvalue weighted by molar-refractivity contribution is -0.131. The minimum atomic E-state index is 0.171. The van der Waals surface area contributed by atoms with Crippen molar-refractivity contribution in [3.05, 3.63) is 48.3 Å². The van der Waals surface area contributed by atoms with Crippen molar-refractivity contribution in [1.29, 1.82) is 0 Å². The lowest BCUT2D eigenvalue weighted by atomic mass is 9.96.